The second kappa shape index (κ2) is 22.7. The minimum Gasteiger partial charge on any atom is -0.480 e. The normalized spacial score (nSPS) is 14.5. The molecule has 1 aromatic rings. The Balaban J connectivity index is 3.24. The van der Waals surface area contributed by atoms with Crippen LogP contribution in [0.1, 0.15) is 71.8 Å². The van der Waals surface area contributed by atoms with Gasteiger partial charge in [-0.05, 0) is 49.5 Å². The second-order valence-electron chi connectivity index (χ2n) is 13.1. The van der Waals surface area contributed by atoms with Gasteiger partial charge in [0.1, 0.15) is 24.2 Å². The van der Waals surface area contributed by atoms with Gasteiger partial charge in [-0.1, -0.05) is 64.4 Å². The molecule has 0 saturated carbocycles. The number of benzene rings is 1. The van der Waals surface area contributed by atoms with E-state index in [2.05, 4.69) is 25.9 Å². The van der Waals surface area contributed by atoms with Crippen LogP contribution >= 0.6 is 0 Å². The monoisotopic (exact) mass is 717 g/mol. The van der Waals surface area contributed by atoms with Gasteiger partial charge in [0.05, 0.1) is 6.04 Å². The SMILES string of the molecule is CC[C@H](C)[C@H](NC(=O)[C@H](CC(C)C)NC(=O)[C@H](CCCN=C(N)N)N(C)C(=O)[C@@H](N)CCCN=C(N)N)C(=O)N[C@@H](Cc1ccccc1)C(=O)O. The van der Waals surface area contributed by atoms with Crippen molar-refractivity contribution in [2.24, 2.45) is 50.5 Å². The number of hydrogen-bond acceptors (Lipinski definition) is 8. The lowest BCUT2D eigenvalue weighted by atomic mass is 9.95. The van der Waals surface area contributed by atoms with Crippen molar-refractivity contribution in [2.45, 2.75) is 103 Å². The molecule has 4 amide bonds. The van der Waals surface area contributed by atoms with Gasteiger partial charge in [0, 0.05) is 26.6 Å². The summed E-state index contributed by atoms with van der Waals surface area (Å²) in [5.41, 5.74) is 28.5. The molecular formula is C34H59N11O6. The van der Waals surface area contributed by atoms with E-state index in [1.807, 2.05) is 20.8 Å². The van der Waals surface area contributed by atoms with Gasteiger partial charge in [-0.2, -0.15) is 0 Å². The second-order valence-corrected chi connectivity index (χ2v) is 13.1. The van der Waals surface area contributed by atoms with E-state index >= 15 is 0 Å². The minimum absolute atomic E-state index is 0.0475. The molecular weight excluding hydrogens is 658 g/mol. The predicted molar refractivity (Wildman–Crippen MR) is 197 cm³/mol. The Morgan fingerprint density at radius 2 is 1.35 bits per heavy atom. The molecule has 0 bridgehead atoms. The number of carbonyl (C=O) groups is 5. The van der Waals surface area contributed by atoms with Crippen molar-refractivity contribution in [3.63, 3.8) is 0 Å². The van der Waals surface area contributed by atoms with Crippen molar-refractivity contribution in [3.05, 3.63) is 35.9 Å². The Labute approximate surface area is 300 Å². The molecule has 0 spiro atoms. The molecule has 1 aromatic carbocycles. The van der Waals surface area contributed by atoms with Crippen molar-refractivity contribution < 1.29 is 29.1 Å². The first-order valence-electron chi connectivity index (χ1n) is 17.3. The first-order valence-corrected chi connectivity index (χ1v) is 17.3. The van der Waals surface area contributed by atoms with Gasteiger partial charge in [0.15, 0.2) is 11.9 Å². The standard InChI is InChI=1S/C34H59N11O6/c1-6-21(4)27(30(48)43-25(32(50)51)19-22-12-8-7-9-13-22)44-28(46)24(18-20(2)3)42-29(47)26(15-11-17-41-34(38)39)45(5)31(49)23(35)14-10-16-40-33(36)37/h7-9,12-13,20-21,23-27H,6,10-11,14-19,35H2,1-5H3,(H,42,47)(H,43,48)(H,44,46)(H,50,51)(H4,36,37,40)(H4,38,39,41)/t21-,23-,24-,25-,26-,27-/m0/s1. The van der Waals surface area contributed by atoms with E-state index in [0.717, 1.165) is 5.56 Å². The van der Waals surface area contributed by atoms with Gasteiger partial charge in [0.2, 0.25) is 23.6 Å². The molecule has 0 aromatic heterocycles. The molecule has 286 valence electrons. The molecule has 0 radical (unpaired) electrons. The molecule has 0 aliphatic heterocycles. The Hall–Kier alpha value is -4.93. The fraction of sp³-hybridized carbons (Fsp3) is 0.618. The van der Waals surface area contributed by atoms with Crippen molar-refractivity contribution in [2.75, 3.05) is 20.1 Å². The number of nitrogens with one attached hydrogen (secondary N) is 3. The smallest absolute Gasteiger partial charge is 0.326 e. The van der Waals surface area contributed by atoms with E-state index in [1.165, 1.54) is 11.9 Å². The van der Waals surface area contributed by atoms with E-state index in [0.29, 0.717) is 19.3 Å². The molecule has 51 heavy (non-hydrogen) atoms. The Bertz CT molecular complexity index is 1330. The summed E-state index contributed by atoms with van der Waals surface area (Å²) in [5, 5.41) is 18.0. The number of carboxylic acids is 1. The molecule has 0 fully saturated rings. The van der Waals surface area contributed by atoms with Crippen molar-refractivity contribution in [1.29, 1.82) is 0 Å². The zero-order valence-corrected chi connectivity index (χ0v) is 30.5. The Kier molecular flexibility index (Phi) is 19.6. The Morgan fingerprint density at radius 1 is 0.804 bits per heavy atom. The number of nitrogens with two attached hydrogens (primary N) is 5. The molecule has 1 rings (SSSR count). The van der Waals surface area contributed by atoms with E-state index < -0.39 is 59.8 Å². The minimum atomic E-state index is -1.24. The van der Waals surface area contributed by atoms with Crippen LogP contribution in [0.25, 0.3) is 0 Å². The summed E-state index contributed by atoms with van der Waals surface area (Å²) >= 11 is 0. The largest absolute Gasteiger partial charge is 0.480 e. The number of carboxylic acid groups (broad SMARTS) is 1. The number of aliphatic imine (C=N–C) groups is 2. The summed E-state index contributed by atoms with van der Waals surface area (Å²) in [5.74, 6) is -4.24. The van der Waals surface area contributed by atoms with E-state index in [1.54, 1.807) is 37.3 Å². The summed E-state index contributed by atoms with van der Waals surface area (Å²) in [6.07, 6.45) is 1.92. The maximum atomic E-state index is 13.9. The summed E-state index contributed by atoms with van der Waals surface area (Å²) < 4.78 is 0. The fourth-order valence-corrected chi connectivity index (χ4v) is 5.29. The molecule has 14 N–H and O–H groups in total. The van der Waals surface area contributed by atoms with E-state index in [9.17, 15) is 29.1 Å². The first kappa shape index (κ1) is 44.1. The lowest BCUT2D eigenvalue weighted by molar-refractivity contribution is -0.143. The fourth-order valence-electron chi connectivity index (χ4n) is 5.29. The molecule has 6 atom stereocenters. The number of amides is 4. The molecule has 17 heteroatoms. The van der Waals surface area contributed by atoms with E-state index in [4.69, 9.17) is 28.7 Å². The average molecular weight is 718 g/mol. The summed E-state index contributed by atoms with van der Waals surface area (Å²) in [6.45, 7) is 7.82. The molecule has 0 aliphatic rings. The zero-order chi connectivity index (χ0) is 38.7. The van der Waals surface area contributed by atoms with Gasteiger partial charge in [-0.3, -0.25) is 29.2 Å². The summed E-state index contributed by atoms with van der Waals surface area (Å²) in [4.78, 5) is 75.7. The number of hydrogen-bond donors (Lipinski definition) is 9. The summed E-state index contributed by atoms with van der Waals surface area (Å²) in [6, 6.07) is 3.47. The molecule has 0 aliphatic carbocycles. The molecule has 0 unspecified atom stereocenters. The van der Waals surface area contributed by atoms with Crippen LogP contribution in [0.2, 0.25) is 0 Å². The van der Waals surface area contributed by atoms with Crippen molar-refractivity contribution >= 4 is 41.5 Å². The number of carbonyl (C=O) groups excluding carboxylic acids is 4. The van der Waals surface area contributed by atoms with Crippen molar-refractivity contribution in [3.8, 4) is 0 Å². The quantitative estimate of drug-likeness (QED) is 0.0380. The number of rotatable bonds is 23. The van der Waals surface area contributed by atoms with Crippen LogP contribution in [0.4, 0.5) is 0 Å². The molecule has 0 saturated heterocycles. The summed E-state index contributed by atoms with van der Waals surface area (Å²) in [7, 11) is 1.46. The first-order chi connectivity index (χ1) is 24.0. The molecule has 0 heterocycles. The van der Waals surface area contributed by atoms with Crippen LogP contribution in [0.5, 0.6) is 0 Å². The average Bonchev–Trinajstić information content (AvgIpc) is 3.07. The number of guanidine groups is 2. The number of aliphatic carboxylic acids is 1. The topological polar surface area (TPSA) is 300 Å². The van der Waals surface area contributed by atoms with E-state index in [-0.39, 0.29) is 62.5 Å². The lowest BCUT2D eigenvalue weighted by Crippen LogP contribution is -2.60. The van der Waals surface area contributed by atoms with Crippen LogP contribution in [-0.4, -0.2) is 102 Å². The van der Waals surface area contributed by atoms with Crippen LogP contribution in [0, 0.1) is 11.8 Å². The number of likely N-dealkylation sites (N-methyl/N-ethyl adjacent to an activating group) is 1. The lowest BCUT2D eigenvalue weighted by Gasteiger charge is -2.32. The highest BCUT2D eigenvalue weighted by Crippen LogP contribution is 2.15. The predicted octanol–water partition coefficient (Wildman–Crippen LogP) is -0.878. The van der Waals surface area contributed by atoms with Crippen LogP contribution in [0.15, 0.2) is 40.3 Å². The van der Waals surface area contributed by atoms with Gasteiger partial charge in [-0.25, -0.2) is 4.79 Å². The van der Waals surface area contributed by atoms with Crippen LogP contribution < -0.4 is 44.6 Å². The highest BCUT2D eigenvalue weighted by atomic mass is 16.4. The van der Waals surface area contributed by atoms with Crippen LogP contribution in [-0.2, 0) is 30.4 Å². The third kappa shape index (κ3) is 16.6. The Morgan fingerprint density at radius 3 is 1.86 bits per heavy atom. The maximum absolute atomic E-state index is 13.9. The van der Waals surface area contributed by atoms with Gasteiger partial charge >= 0.3 is 5.97 Å². The number of nitrogens with zero attached hydrogens (tertiary/aromatic N) is 3. The van der Waals surface area contributed by atoms with Crippen molar-refractivity contribution in [1.82, 2.24) is 20.9 Å². The van der Waals surface area contributed by atoms with Gasteiger partial charge in [0.25, 0.3) is 0 Å². The van der Waals surface area contributed by atoms with Crippen LogP contribution in [0.3, 0.4) is 0 Å². The third-order valence-corrected chi connectivity index (χ3v) is 8.36. The molecule has 17 nitrogen and oxygen atoms in total. The van der Waals surface area contributed by atoms with Gasteiger partial charge in [-0.15, -0.1) is 0 Å². The third-order valence-electron chi connectivity index (χ3n) is 8.36. The maximum Gasteiger partial charge on any atom is 0.326 e. The zero-order valence-electron chi connectivity index (χ0n) is 30.5. The highest BCUT2D eigenvalue weighted by molar-refractivity contribution is 5.95. The highest BCUT2D eigenvalue weighted by Gasteiger charge is 2.35. The van der Waals surface area contributed by atoms with Gasteiger partial charge < -0.3 is 54.6 Å².